The van der Waals surface area contributed by atoms with Crippen molar-refractivity contribution in [3.63, 3.8) is 0 Å². The van der Waals surface area contributed by atoms with Crippen LogP contribution in [0.2, 0.25) is 5.02 Å². The van der Waals surface area contributed by atoms with Gasteiger partial charge in [-0.2, -0.15) is 0 Å². The predicted octanol–water partition coefficient (Wildman–Crippen LogP) is 3.46. The summed E-state index contributed by atoms with van der Waals surface area (Å²) in [6, 6.07) is 1.70. The minimum atomic E-state index is -0.163. The van der Waals surface area contributed by atoms with Gasteiger partial charge in [0.05, 0.1) is 10.6 Å². The van der Waals surface area contributed by atoms with Crippen LogP contribution in [-0.2, 0) is 0 Å². The number of nitrogens with zero attached hydrogens (tertiary/aromatic N) is 1. The first-order chi connectivity index (χ1) is 8.21. The van der Waals surface area contributed by atoms with Crippen LogP contribution in [-0.4, -0.2) is 17.4 Å². The summed E-state index contributed by atoms with van der Waals surface area (Å²) in [5, 5.41) is 3.35. The maximum absolute atomic E-state index is 12.0. The van der Waals surface area contributed by atoms with Crippen molar-refractivity contribution in [2.45, 2.75) is 34.6 Å². The first kappa shape index (κ1) is 15.0. The summed E-state index contributed by atoms with van der Waals surface area (Å²) in [5.41, 5.74) is 1.41. The fourth-order valence-corrected chi connectivity index (χ4v) is 1.63. The first-order valence-corrected chi connectivity index (χ1v) is 6.50. The molecule has 1 amide bonds. The van der Waals surface area contributed by atoms with E-state index in [0.717, 1.165) is 5.69 Å². The summed E-state index contributed by atoms with van der Waals surface area (Å²) < 4.78 is 0. The maximum atomic E-state index is 12.0. The van der Waals surface area contributed by atoms with Crippen LogP contribution in [0.5, 0.6) is 0 Å². The number of pyridine rings is 1. The van der Waals surface area contributed by atoms with Crippen LogP contribution in [0.4, 0.5) is 0 Å². The summed E-state index contributed by atoms with van der Waals surface area (Å²) in [4.78, 5) is 16.1. The second kappa shape index (κ2) is 5.70. The van der Waals surface area contributed by atoms with Crippen molar-refractivity contribution in [3.05, 3.63) is 28.5 Å². The van der Waals surface area contributed by atoms with Gasteiger partial charge in [-0.1, -0.05) is 39.3 Å². The highest BCUT2D eigenvalue weighted by Crippen LogP contribution is 2.24. The first-order valence-electron chi connectivity index (χ1n) is 6.12. The molecule has 0 aliphatic heterocycles. The van der Waals surface area contributed by atoms with Crippen LogP contribution in [0, 0.1) is 18.3 Å². The van der Waals surface area contributed by atoms with E-state index in [4.69, 9.17) is 11.6 Å². The Morgan fingerprint density at radius 2 is 2.11 bits per heavy atom. The van der Waals surface area contributed by atoms with Crippen molar-refractivity contribution < 1.29 is 4.79 Å². The monoisotopic (exact) mass is 268 g/mol. The lowest BCUT2D eigenvalue weighted by molar-refractivity contribution is 0.0937. The summed E-state index contributed by atoms with van der Waals surface area (Å²) in [6.07, 6.45) is 1.52. The zero-order valence-corrected chi connectivity index (χ0v) is 12.4. The lowest BCUT2D eigenvalue weighted by Gasteiger charge is -2.27. The number of aryl methyl sites for hydroxylation is 1. The van der Waals surface area contributed by atoms with Gasteiger partial charge in [0.2, 0.25) is 0 Å². The summed E-state index contributed by atoms with van der Waals surface area (Å²) in [5.74, 6) is 0.224. The van der Waals surface area contributed by atoms with Crippen LogP contribution < -0.4 is 5.32 Å². The predicted molar refractivity (Wildman–Crippen MR) is 74.9 cm³/mol. The van der Waals surface area contributed by atoms with E-state index in [1.807, 2.05) is 6.92 Å². The zero-order valence-electron chi connectivity index (χ0n) is 11.7. The Hall–Kier alpha value is -1.09. The number of hydrogen-bond acceptors (Lipinski definition) is 2. The van der Waals surface area contributed by atoms with Gasteiger partial charge in [0.15, 0.2) is 0 Å². The van der Waals surface area contributed by atoms with Gasteiger partial charge >= 0.3 is 0 Å². The molecule has 0 radical (unpaired) electrons. The van der Waals surface area contributed by atoms with Crippen molar-refractivity contribution in [2.75, 3.05) is 6.54 Å². The number of amides is 1. The van der Waals surface area contributed by atoms with Crippen LogP contribution in [0.1, 0.15) is 43.7 Å². The van der Waals surface area contributed by atoms with Crippen LogP contribution in [0.3, 0.4) is 0 Å². The SMILES string of the molecule is Cc1cc(Cl)c(C(=O)NCC(C)C(C)(C)C)cn1. The molecule has 0 aliphatic rings. The molecule has 1 unspecified atom stereocenters. The molecule has 1 aromatic heterocycles. The van der Waals surface area contributed by atoms with Gasteiger partial charge in [0.25, 0.3) is 5.91 Å². The van der Waals surface area contributed by atoms with Gasteiger partial charge < -0.3 is 5.32 Å². The highest BCUT2D eigenvalue weighted by molar-refractivity contribution is 6.33. The van der Waals surface area contributed by atoms with E-state index < -0.39 is 0 Å². The highest BCUT2D eigenvalue weighted by Gasteiger charge is 2.21. The minimum absolute atomic E-state index is 0.163. The summed E-state index contributed by atoms with van der Waals surface area (Å²) in [7, 11) is 0. The molecule has 1 rings (SSSR count). The third-order valence-electron chi connectivity index (χ3n) is 3.28. The van der Waals surface area contributed by atoms with Crippen molar-refractivity contribution in [1.82, 2.24) is 10.3 Å². The minimum Gasteiger partial charge on any atom is -0.352 e. The van der Waals surface area contributed by atoms with E-state index in [1.54, 1.807) is 6.07 Å². The molecule has 1 N–H and O–H groups in total. The fraction of sp³-hybridized carbons (Fsp3) is 0.571. The number of rotatable bonds is 3. The molecule has 1 atom stereocenters. The molecular formula is C14H21ClN2O. The van der Waals surface area contributed by atoms with Crippen molar-refractivity contribution in [3.8, 4) is 0 Å². The summed E-state index contributed by atoms with van der Waals surface area (Å²) in [6.45, 7) is 11.1. The zero-order chi connectivity index (χ0) is 13.9. The molecule has 0 fully saturated rings. The van der Waals surface area contributed by atoms with Crippen LogP contribution >= 0.6 is 11.6 Å². The van der Waals surface area contributed by atoms with Gasteiger partial charge in [0.1, 0.15) is 0 Å². The Kier molecular flexibility index (Phi) is 4.74. The topological polar surface area (TPSA) is 42.0 Å². The molecular weight excluding hydrogens is 248 g/mol. The van der Waals surface area contributed by atoms with Crippen molar-refractivity contribution in [2.24, 2.45) is 11.3 Å². The average Bonchev–Trinajstić information content (AvgIpc) is 2.24. The van der Waals surface area contributed by atoms with E-state index in [2.05, 4.69) is 38.0 Å². The lowest BCUT2D eigenvalue weighted by Crippen LogP contribution is -2.33. The Labute approximate surface area is 114 Å². The molecule has 4 heteroatoms. The molecule has 18 heavy (non-hydrogen) atoms. The van der Waals surface area contributed by atoms with E-state index in [-0.39, 0.29) is 11.3 Å². The number of carbonyl (C=O) groups is 1. The number of halogens is 1. The molecule has 100 valence electrons. The molecule has 0 bridgehead atoms. The second-order valence-electron chi connectivity index (χ2n) is 5.78. The molecule has 0 aromatic carbocycles. The van der Waals surface area contributed by atoms with Gasteiger partial charge in [0, 0.05) is 18.4 Å². The van der Waals surface area contributed by atoms with Gasteiger partial charge in [-0.05, 0) is 24.3 Å². The van der Waals surface area contributed by atoms with E-state index in [9.17, 15) is 4.79 Å². The normalized spacial score (nSPS) is 13.2. The molecule has 1 aromatic rings. The Balaban J connectivity index is 2.66. The van der Waals surface area contributed by atoms with Gasteiger partial charge in [-0.15, -0.1) is 0 Å². The van der Waals surface area contributed by atoms with E-state index >= 15 is 0 Å². The number of hydrogen-bond donors (Lipinski definition) is 1. The van der Waals surface area contributed by atoms with Crippen LogP contribution in [0.15, 0.2) is 12.3 Å². The molecule has 1 heterocycles. The number of nitrogens with one attached hydrogen (secondary N) is 1. The quantitative estimate of drug-likeness (QED) is 0.912. The second-order valence-corrected chi connectivity index (χ2v) is 6.19. The highest BCUT2D eigenvalue weighted by atomic mass is 35.5. The largest absolute Gasteiger partial charge is 0.352 e. The van der Waals surface area contributed by atoms with Crippen molar-refractivity contribution >= 4 is 17.5 Å². The van der Waals surface area contributed by atoms with Crippen molar-refractivity contribution in [1.29, 1.82) is 0 Å². The molecule has 0 spiro atoms. The average molecular weight is 269 g/mol. The third-order valence-corrected chi connectivity index (χ3v) is 3.59. The molecule has 0 aliphatic carbocycles. The Morgan fingerprint density at radius 3 is 2.61 bits per heavy atom. The Bertz CT molecular complexity index is 438. The smallest absolute Gasteiger partial charge is 0.254 e. The molecule has 0 saturated carbocycles. The fourth-order valence-electron chi connectivity index (χ4n) is 1.34. The molecule has 0 saturated heterocycles. The third kappa shape index (κ3) is 3.98. The standard InChI is InChI=1S/C14H21ClN2O/c1-9(14(3,4)5)7-17-13(18)11-8-16-10(2)6-12(11)15/h6,8-9H,7H2,1-5H3,(H,17,18). The van der Waals surface area contributed by atoms with Gasteiger partial charge in [-0.25, -0.2) is 0 Å². The van der Waals surface area contributed by atoms with E-state index in [1.165, 1.54) is 6.20 Å². The number of aromatic nitrogens is 1. The lowest BCUT2D eigenvalue weighted by atomic mass is 9.82. The van der Waals surface area contributed by atoms with Crippen LogP contribution in [0.25, 0.3) is 0 Å². The molecule has 3 nitrogen and oxygen atoms in total. The summed E-state index contributed by atoms with van der Waals surface area (Å²) >= 11 is 6.03. The van der Waals surface area contributed by atoms with E-state index in [0.29, 0.717) is 23.0 Å². The maximum Gasteiger partial charge on any atom is 0.254 e. The van der Waals surface area contributed by atoms with Gasteiger partial charge in [-0.3, -0.25) is 9.78 Å². The Morgan fingerprint density at radius 1 is 1.50 bits per heavy atom. The number of carbonyl (C=O) groups excluding carboxylic acids is 1.